The van der Waals surface area contributed by atoms with E-state index in [2.05, 4.69) is 4.57 Å². The second kappa shape index (κ2) is 11.9. The van der Waals surface area contributed by atoms with Gasteiger partial charge in [-0.05, 0) is 84.1 Å². The molecule has 6 rings (SSSR count). The van der Waals surface area contributed by atoms with Crippen molar-refractivity contribution < 1.29 is 18.7 Å². The zero-order valence-electron chi connectivity index (χ0n) is 23.3. The van der Waals surface area contributed by atoms with Gasteiger partial charge in [0.1, 0.15) is 24.0 Å². The second-order valence-electron chi connectivity index (χ2n) is 10.6. The minimum absolute atomic E-state index is 0.202. The first-order valence-corrected chi connectivity index (χ1v) is 14.5. The Morgan fingerprint density at radius 1 is 0.976 bits per heavy atom. The summed E-state index contributed by atoms with van der Waals surface area (Å²) in [6.45, 7) is 0.207. The van der Waals surface area contributed by atoms with E-state index in [1.807, 2.05) is 48.5 Å². The zero-order valence-corrected chi connectivity index (χ0v) is 24.0. The van der Waals surface area contributed by atoms with Crippen LogP contribution in [0.4, 0.5) is 10.1 Å². The summed E-state index contributed by atoms with van der Waals surface area (Å²) in [7, 11) is 1.35. The van der Waals surface area contributed by atoms with E-state index in [4.69, 9.17) is 31.8 Å². The molecule has 1 aliphatic rings. The summed E-state index contributed by atoms with van der Waals surface area (Å²) in [5, 5.41) is 0.656. The maximum absolute atomic E-state index is 15.8. The van der Waals surface area contributed by atoms with Crippen LogP contribution in [0.1, 0.15) is 54.1 Å². The van der Waals surface area contributed by atoms with E-state index in [-0.39, 0.29) is 12.6 Å². The van der Waals surface area contributed by atoms with Crippen molar-refractivity contribution in [3.63, 3.8) is 0 Å². The lowest BCUT2D eigenvalue weighted by molar-refractivity contribution is 0.0601. The quantitative estimate of drug-likeness (QED) is 0.153. The van der Waals surface area contributed by atoms with Crippen molar-refractivity contribution in [3.8, 4) is 28.3 Å². The lowest BCUT2D eigenvalue weighted by Gasteiger charge is -2.25. The highest BCUT2D eigenvalue weighted by Gasteiger charge is 2.25. The summed E-state index contributed by atoms with van der Waals surface area (Å²) < 4.78 is 28.9. The summed E-state index contributed by atoms with van der Waals surface area (Å²) in [6.07, 6.45) is 5.41. The molecule has 42 heavy (non-hydrogen) atoms. The molecular formula is C34H31ClFN3O3. The number of fused-ring (bicyclic) bond motifs is 1. The van der Waals surface area contributed by atoms with Crippen molar-refractivity contribution in [2.75, 3.05) is 12.8 Å². The van der Waals surface area contributed by atoms with Crippen LogP contribution < -0.4 is 10.5 Å². The number of nitrogens with two attached hydrogens (primary N) is 1. The van der Waals surface area contributed by atoms with Crippen LogP contribution in [0.25, 0.3) is 33.5 Å². The third kappa shape index (κ3) is 5.57. The summed E-state index contributed by atoms with van der Waals surface area (Å²) >= 11 is 6.07. The SMILES string of the molecule is COC(=O)c1ccc2c(c1)nc(-c1ccc(OCc3cc(N)ccc3-c3ccc(Cl)cc3)cc1F)n2C1CCCCC1. The van der Waals surface area contributed by atoms with Gasteiger partial charge in [-0.25, -0.2) is 14.2 Å². The Morgan fingerprint density at radius 3 is 2.48 bits per heavy atom. The van der Waals surface area contributed by atoms with Gasteiger partial charge in [-0.15, -0.1) is 0 Å². The first kappa shape index (κ1) is 27.8. The molecule has 2 N–H and O–H groups in total. The number of methoxy groups -OCH3 is 1. The molecule has 5 aromatic rings. The van der Waals surface area contributed by atoms with Gasteiger partial charge in [0.05, 0.1) is 29.3 Å². The standard InChI is InChI=1S/C34H31ClFN3O3/c1-41-34(40)22-9-16-32-31(18-22)38-33(39(32)26-5-3-2-4-6-26)29-15-13-27(19-30(29)36)42-20-23-17-25(37)12-14-28(23)21-7-10-24(35)11-8-21/h7-19,26H,2-6,20,37H2,1H3. The van der Waals surface area contributed by atoms with E-state index in [1.165, 1.54) is 19.6 Å². The number of halogens is 2. The van der Waals surface area contributed by atoms with Crippen molar-refractivity contribution in [2.45, 2.75) is 44.8 Å². The number of anilines is 1. The minimum atomic E-state index is -0.433. The molecule has 0 saturated heterocycles. The molecule has 214 valence electrons. The first-order chi connectivity index (χ1) is 20.4. The van der Waals surface area contributed by atoms with Gasteiger partial charge in [0.25, 0.3) is 0 Å². The molecule has 1 fully saturated rings. The molecule has 1 heterocycles. The van der Waals surface area contributed by atoms with Crippen LogP contribution in [-0.4, -0.2) is 22.6 Å². The van der Waals surface area contributed by atoms with Crippen LogP contribution in [0, 0.1) is 5.82 Å². The predicted molar refractivity (Wildman–Crippen MR) is 164 cm³/mol. The third-order valence-corrected chi connectivity index (χ3v) is 8.16. The number of hydrogen-bond acceptors (Lipinski definition) is 5. The number of rotatable bonds is 7. The van der Waals surface area contributed by atoms with Gasteiger partial charge in [-0.1, -0.05) is 49.1 Å². The van der Waals surface area contributed by atoms with Gasteiger partial charge >= 0.3 is 5.97 Å². The molecule has 0 amide bonds. The molecule has 6 nitrogen and oxygen atoms in total. The number of nitrogens with zero attached hydrogens (tertiary/aromatic N) is 2. The highest BCUT2D eigenvalue weighted by molar-refractivity contribution is 6.30. The molecule has 8 heteroatoms. The zero-order chi connectivity index (χ0) is 29.2. The van der Waals surface area contributed by atoms with Crippen molar-refractivity contribution in [1.29, 1.82) is 0 Å². The number of esters is 1. The van der Waals surface area contributed by atoms with E-state index in [9.17, 15) is 4.79 Å². The van der Waals surface area contributed by atoms with E-state index < -0.39 is 11.8 Å². The van der Waals surface area contributed by atoms with Crippen LogP contribution >= 0.6 is 11.6 Å². The highest BCUT2D eigenvalue weighted by Crippen LogP contribution is 2.38. The fourth-order valence-corrected chi connectivity index (χ4v) is 5.94. The maximum Gasteiger partial charge on any atom is 0.337 e. The Bertz CT molecular complexity index is 1760. The second-order valence-corrected chi connectivity index (χ2v) is 11.1. The monoisotopic (exact) mass is 583 g/mol. The Morgan fingerprint density at radius 2 is 1.74 bits per heavy atom. The van der Waals surface area contributed by atoms with E-state index in [1.54, 1.807) is 24.3 Å². The van der Waals surface area contributed by atoms with Gasteiger partial charge in [-0.3, -0.25) is 0 Å². The predicted octanol–water partition coefficient (Wildman–Crippen LogP) is 8.62. The fourth-order valence-electron chi connectivity index (χ4n) is 5.81. The molecule has 1 aliphatic carbocycles. The number of nitrogen functional groups attached to an aromatic ring is 1. The van der Waals surface area contributed by atoms with Crippen LogP contribution in [-0.2, 0) is 11.3 Å². The molecule has 0 unspecified atom stereocenters. The molecular weight excluding hydrogens is 553 g/mol. The number of carbonyl (C=O) groups is 1. The normalized spacial score (nSPS) is 13.8. The van der Waals surface area contributed by atoms with E-state index >= 15 is 4.39 Å². The molecule has 1 saturated carbocycles. The van der Waals surface area contributed by atoms with Crippen LogP contribution in [0.2, 0.25) is 5.02 Å². The number of benzene rings is 4. The smallest absolute Gasteiger partial charge is 0.337 e. The average Bonchev–Trinajstić information content (AvgIpc) is 3.39. The van der Waals surface area contributed by atoms with Crippen LogP contribution in [0.3, 0.4) is 0 Å². The fraction of sp³-hybridized carbons (Fsp3) is 0.235. The molecule has 0 radical (unpaired) electrons. The topological polar surface area (TPSA) is 79.4 Å². The Hall–Kier alpha value is -4.36. The van der Waals surface area contributed by atoms with Crippen molar-refractivity contribution >= 4 is 34.3 Å². The highest BCUT2D eigenvalue weighted by atomic mass is 35.5. The summed E-state index contributed by atoms with van der Waals surface area (Å²) in [5.41, 5.74) is 11.8. The number of aromatic nitrogens is 2. The first-order valence-electron chi connectivity index (χ1n) is 14.1. The molecule has 1 aromatic heterocycles. The van der Waals surface area contributed by atoms with E-state index in [0.717, 1.165) is 47.9 Å². The van der Waals surface area contributed by atoms with Crippen molar-refractivity contribution in [3.05, 3.63) is 101 Å². The largest absolute Gasteiger partial charge is 0.489 e. The van der Waals surface area contributed by atoms with Crippen molar-refractivity contribution in [2.24, 2.45) is 0 Å². The Kier molecular flexibility index (Phi) is 7.85. The molecule has 0 atom stereocenters. The Balaban J connectivity index is 1.32. The Labute approximate surface area is 248 Å². The molecule has 4 aromatic carbocycles. The summed E-state index contributed by atoms with van der Waals surface area (Å²) in [4.78, 5) is 17.0. The summed E-state index contributed by atoms with van der Waals surface area (Å²) in [5.74, 6) is 0.0779. The van der Waals surface area contributed by atoms with Gasteiger partial charge < -0.3 is 19.8 Å². The number of hydrogen-bond donors (Lipinski definition) is 1. The molecule has 0 spiro atoms. The summed E-state index contributed by atoms with van der Waals surface area (Å²) in [6, 6.07) is 23.6. The van der Waals surface area contributed by atoms with Gasteiger partial charge in [0.15, 0.2) is 0 Å². The van der Waals surface area contributed by atoms with E-state index in [0.29, 0.717) is 38.9 Å². The van der Waals surface area contributed by atoms with Gasteiger partial charge in [0, 0.05) is 22.8 Å². The lowest BCUT2D eigenvalue weighted by Crippen LogP contribution is -2.14. The minimum Gasteiger partial charge on any atom is -0.489 e. The van der Waals surface area contributed by atoms with Gasteiger partial charge in [0.2, 0.25) is 0 Å². The maximum atomic E-state index is 15.8. The lowest BCUT2D eigenvalue weighted by atomic mass is 9.94. The third-order valence-electron chi connectivity index (χ3n) is 7.91. The van der Waals surface area contributed by atoms with Crippen LogP contribution in [0.15, 0.2) is 78.9 Å². The van der Waals surface area contributed by atoms with Crippen molar-refractivity contribution in [1.82, 2.24) is 9.55 Å². The van der Waals surface area contributed by atoms with Crippen LogP contribution in [0.5, 0.6) is 5.75 Å². The number of ether oxygens (including phenoxy) is 2. The van der Waals surface area contributed by atoms with Gasteiger partial charge in [-0.2, -0.15) is 0 Å². The molecule has 0 bridgehead atoms. The average molecular weight is 584 g/mol. The molecule has 0 aliphatic heterocycles. The number of imidazole rings is 1. The number of carbonyl (C=O) groups excluding carboxylic acids is 1.